The van der Waals surface area contributed by atoms with E-state index in [0.717, 1.165) is 0 Å². The van der Waals surface area contributed by atoms with Crippen LogP contribution < -0.4 is 19.9 Å². The zero-order valence-electron chi connectivity index (χ0n) is 23.1. The molecular formula is C25H34F3N7O5S. The zero-order chi connectivity index (χ0) is 29.6. The van der Waals surface area contributed by atoms with Gasteiger partial charge in [-0.25, -0.2) is 9.78 Å². The molecule has 2 atom stereocenters. The minimum absolute atomic E-state index is 0.217. The van der Waals surface area contributed by atoms with E-state index in [1.165, 1.54) is 0 Å². The van der Waals surface area contributed by atoms with E-state index in [0.29, 0.717) is 86.4 Å². The molecule has 2 aliphatic heterocycles. The molecule has 0 aromatic carbocycles. The number of aryl methyl sites for hydroxylation is 1. The normalized spacial score (nSPS) is 17.9. The van der Waals surface area contributed by atoms with Gasteiger partial charge in [-0.05, 0) is 18.9 Å². The zero-order valence-corrected chi connectivity index (χ0v) is 24.0. The van der Waals surface area contributed by atoms with Crippen molar-refractivity contribution in [1.82, 2.24) is 20.2 Å². The molecule has 1 N–H and O–H groups in total. The summed E-state index contributed by atoms with van der Waals surface area (Å²) in [5.41, 5.74) is 0.638. The quantitative estimate of drug-likeness (QED) is 0.283. The number of esters is 1. The topological polar surface area (TPSA) is 132 Å². The van der Waals surface area contributed by atoms with Gasteiger partial charge >= 0.3 is 12.1 Å². The molecule has 0 spiro atoms. The number of nitrogens with zero attached hydrogens (tertiary/aromatic N) is 6. The fraction of sp³-hybridized carbons (Fsp3) is 0.640. The summed E-state index contributed by atoms with van der Waals surface area (Å²) < 4.78 is 66.0. The minimum Gasteiger partial charge on any atom is -0.474 e. The maximum absolute atomic E-state index is 12.7. The number of piperazine rings is 1. The Morgan fingerprint density at radius 2 is 1.83 bits per heavy atom. The van der Waals surface area contributed by atoms with E-state index in [2.05, 4.69) is 35.1 Å². The van der Waals surface area contributed by atoms with Crippen molar-refractivity contribution in [3.8, 4) is 5.88 Å². The first-order chi connectivity index (χ1) is 19.6. The number of hydrogen-bond acceptors (Lipinski definition) is 12. The van der Waals surface area contributed by atoms with Crippen LogP contribution in [-0.2, 0) is 31.5 Å². The number of nitrogens with one attached hydrogen (secondary N) is 1. The van der Waals surface area contributed by atoms with Crippen molar-refractivity contribution in [3.05, 3.63) is 17.8 Å². The number of aromatic nitrogens is 4. The molecule has 16 heteroatoms. The molecule has 0 aliphatic carbocycles. The molecule has 41 heavy (non-hydrogen) atoms. The average Bonchev–Trinajstić information content (AvgIpc) is 3.33. The first-order valence-electron chi connectivity index (χ1n) is 13.4. The highest BCUT2D eigenvalue weighted by Crippen LogP contribution is 2.31. The van der Waals surface area contributed by atoms with Crippen LogP contribution in [0.5, 0.6) is 5.88 Å². The van der Waals surface area contributed by atoms with Crippen LogP contribution in [0.1, 0.15) is 26.5 Å². The molecule has 4 heterocycles. The van der Waals surface area contributed by atoms with Gasteiger partial charge in [0.15, 0.2) is 5.82 Å². The van der Waals surface area contributed by atoms with Gasteiger partial charge in [-0.2, -0.15) is 18.2 Å². The Morgan fingerprint density at radius 3 is 2.46 bits per heavy atom. The molecule has 0 saturated carbocycles. The fourth-order valence-corrected chi connectivity index (χ4v) is 5.60. The first-order valence-corrected chi connectivity index (χ1v) is 14.7. The Balaban J connectivity index is 1.42. The van der Waals surface area contributed by atoms with Crippen molar-refractivity contribution < 1.29 is 36.4 Å². The van der Waals surface area contributed by atoms with Crippen LogP contribution in [0.3, 0.4) is 0 Å². The molecule has 4 rings (SSSR count). The summed E-state index contributed by atoms with van der Waals surface area (Å²) in [6.07, 6.45) is -4.59. The summed E-state index contributed by atoms with van der Waals surface area (Å²) in [5, 5.41) is 11.5. The molecule has 12 nitrogen and oxygen atoms in total. The summed E-state index contributed by atoms with van der Waals surface area (Å²) in [6.45, 7) is 8.83. The summed E-state index contributed by atoms with van der Waals surface area (Å²) in [4.78, 5) is 25.1. The van der Waals surface area contributed by atoms with Crippen LogP contribution in [-0.4, -0.2) is 101 Å². The van der Waals surface area contributed by atoms with E-state index in [4.69, 9.17) is 9.47 Å². The van der Waals surface area contributed by atoms with Gasteiger partial charge in [-0.1, -0.05) is 13.8 Å². The Labute approximate surface area is 238 Å². The third-order valence-electron chi connectivity index (χ3n) is 6.62. The number of halogens is 3. The lowest BCUT2D eigenvalue weighted by Crippen LogP contribution is -2.47. The fourth-order valence-electron chi connectivity index (χ4n) is 4.29. The monoisotopic (exact) mass is 601 g/mol. The van der Waals surface area contributed by atoms with Gasteiger partial charge in [0, 0.05) is 51.0 Å². The highest BCUT2D eigenvalue weighted by atomic mass is 32.2. The van der Waals surface area contributed by atoms with E-state index >= 15 is 0 Å². The molecule has 226 valence electrons. The predicted octanol–water partition coefficient (Wildman–Crippen LogP) is 2.21. The van der Waals surface area contributed by atoms with Crippen molar-refractivity contribution in [1.29, 1.82) is 0 Å². The molecule has 2 aromatic heterocycles. The number of hydrogen-bond donors (Lipinski definition) is 1. The Bertz CT molecular complexity index is 1210. The van der Waals surface area contributed by atoms with Crippen LogP contribution in [0.25, 0.3) is 0 Å². The largest absolute Gasteiger partial charge is 0.490 e. The van der Waals surface area contributed by atoms with E-state index < -0.39 is 35.6 Å². The van der Waals surface area contributed by atoms with Crippen LogP contribution in [0, 0.1) is 5.92 Å². The standard InChI is InChI=1S/C25H34F3N7O5S/c1-4-38-12-13-39-20-6-5-19(32-33-20)34-8-10-35(11-9-34)24-30-17-7-14-41(37)21(17)22(31-24)29-18(16(2)3)15-40-23(36)25(26,27)28/h5-6,16,18H,4,7-15H2,1-3H3,(H,29,30,31)/t18?,41-/m1/s1. The summed E-state index contributed by atoms with van der Waals surface area (Å²) >= 11 is 0. The lowest BCUT2D eigenvalue weighted by Gasteiger charge is -2.35. The minimum atomic E-state index is -5.08. The SMILES string of the molecule is CCOCCOc1ccc(N2CCN(c3nc4c(c(NC(COC(=O)C(F)(F)F)C(C)C)n3)[S@](=O)CC4)CC2)nn1. The van der Waals surface area contributed by atoms with E-state index in [-0.39, 0.29) is 11.7 Å². The highest BCUT2D eigenvalue weighted by Gasteiger charge is 2.41. The molecular weight excluding hydrogens is 567 g/mol. The van der Waals surface area contributed by atoms with Gasteiger partial charge in [0.05, 0.1) is 29.1 Å². The van der Waals surface area contributed by atoms with E-state index in [1.54, 1.807) is 19.9 Å². The summed E-state index contributed by atoms with van der Waals surface area (Å²) in [6, 6.07) is 2.92. The summed E-state index contributed by atoms with van der Waals surface area (Å²) in [7, 11) is -1.35. The number of anilines is 3. The van der Waals surface area contributed by atoms with Gasteiger partial charge < -0.3 is 29.3 Å². The van der Waals surface area contributed by atoms with Crippen molar-refractivity contribution in [2.75, 3.05) is 73.5 Å². The molecule has 2 aliphatic rings. The van der Waals surface area contributed by atoms with Gasteiger partial charge in [0.2, 0.25) is 11.8 Å². The molecule has 0 bridgehead atoms. The van der Waals surface area contributed by atoms with Crippen LogP contribution in [0.2, 0.25) is 0 Å². The number of ether oxygens (including phenoxy) is 3. The van der Waals surface area contributed by atoms with E-state index in [9.17, 15) is 22.2 Å². The Kier molecular flexibility index (Phi) is 10.2. The van der Waals surface area contributed by atoms with Gasteiger partial charge in [0.1, 0.15) is 23.9 Å². The molecule has 1 fully saturated rings. The second kappa shape index (κ2) is 13.6. The van der Waals surface area contributed by atoms with Crippen molar-refractivity contribution in [2.45, 2.75) is 44.3 Å². The smallest absolute Gasteiger partial charge is 0.474 e. The maximum Gasteiger partial charge on any atom is 0.490 e. The number of alkyl halides is 3. The number of carbonyl (C=O) groups excluding carboxylic acids is 1. The second-order valence-corrected chi connectivity index (χ2v) is 11.3. The predicted molar refractivity (Wildman–Crippen MR) is 145 cm³/mol. The molecule has 1 saturated heterocycles. The Morgan fingerprint density at radius 1 is 1.10 bits per heavy atom. The van der Waals surface area contributed by atoms with Crippen LogP contribution in [0.4, 0.5) is 30.8 Å². The number of rotatable bonds is 12. The third kappa shape index (κ3) is 7.93. The van der Waals surface area contributed by atoms with Gasteiger partial charge in [-0.3, -0.25) is 4.21 Å². The number of fused-ring (bicyclic) bond motifs is 1. The molecule has 2 aromatic rings. The highest BCUT2D eigenvalue weighted by molar-refractivity contribution is 7.85. The second-order valence-electron chi connectivity index (χ2n) is 9.79. The molecule has 0 amide bonds. The number of carbonyl (C=O) groups is 1. The third-order valence-corrected chi connectivity index (χ3v) is 8.08. The maximum atomic E-state index is 12.7. The van der Waals surface area contributed by atoms with Crippen molar-refractivity contribution in [2.24, 2.45) is 5.92 Å². The van der Waals surface area contributed by atoms with Crippen LogP contribution >= 0.6 is 0 Å². The lowest BCUT2D eigenvalue weighted by atomic mass is 10.1. The lowest BCUT2D eigenvalue weighted by molar-refractivity contribution is -0.200. The Hall–Kier alpha value is -3.27. The summed E-state index contributed by atoms with van der Waals surface area (Å²) in [5.74, 6) is -0.236. The van der Waals surface area contributed by atoms with Crippen molar-refractivity contribution in [3.63, 3.8) is 0 Å². The average molecular weight is 602 g/mol. The van der Waals surface area contributed by atoms with Gasteiger partial charge in [-0.15, -0.1) is 10.2 Å². The van der Waals surface area contributed by atoms with Crippen LogP contribution in [0.15, 0.2) is 17.0 Å². The van der Waals surface area contributed by atoms with Crippen molar-refractivity contribution >= 4 is 34.4 Å². The van der Waals surface area contributed by atoms with E-state index in [1.807, 2.05) is 17.9 Å². The molecule has 0 radical (unpaired) electrons. The van der Waals surface area contributed by atoms with Gasteiger partial charge in [0.25, 0.3) is 0 Å². The molecule has 1 unspecified atom stereocenters. The first kappa shape index (κ1) is 30.7.